The molecular formula is C16H21NO. The Morgan fingerprint density at radius 3 is 2.56 bits per heavy atom. The lowest BCUT2D eigenvalue weighted by Crippen LogP contribution is -2.37. The number of likely N-dealkylation sites (tertiary alicyclic amines) is 1. The Morgan fingerprint density at radius 2 is 1.94 bits per heavy atom. The smallest absolute Gasteiger partial charge is 0.246 e. The van der Waals surface area contributed by atoms with Gasteiger partial charge in [0.2, 0.25) is 5.91 Å². The highest BCUT2D eigenvalue weighted by molar-refractivity contribution is 5.87. The number of allylic oxidation sites excluding steroid dienone is 1. The first kappa shape index (κ1) is 12.9. The van der Waals surface area contributed by atoms with Crippen molar-refractivity contribution in [1.82, 2.24) is 4.90 Å². The summed E-state index contributed by atoms with van der Waals surface area (Å²) in [5, 5.41) is 0. The van der Waals surface area contributed by atoms with Crippen LogP contribution in [0, 0.1) is 5.92 Å². The molecule has 0 aliphatic carbocycles. The van der Waals surface area contributed by atoms with Crippen LogP contribution in [0.5, 0.6) is 0 Å². The molecule has 0 spiro atoms. The number of nitrogens with zero attached hydrogens (tertiary/aromatic N) is 1. The van der Waals surface area contributed by atoms with Crippen LogP contribution in [0.4, 0.5) is 0 Å². The van der Waals surface area contributed by atoms with E-state index in [1.165, 1.54) is 5.56 Å². The summed E-state index contributed by atoms with van der Waals surface area (Å²) < 4.78 is 0. The monoisotopic (exact) mass is 243 g/mol. The molecule has 0 aromatic heterocycles. The zero-order valence-corrected chi connectivity index (χ0v) is 11.0. The zero-order valence-electron chi connectivity index (χ0n) is 11.0. The summed E-state index contributed by atoms with van der Waals surface area (Å²) in [6.45, 7) is 3.70. The molecule has 18 heavy (non-hydrogen) atoms. The number of benzene rings is 1. The van der Waals surface area contributed by atoms with Crippen LogP contribution in [0.2, 0.25) is 0 Å². The van der Waals surface area contributed by atoms with Gasteiger partial charge in [0.05, 0.1) is 0 Å². The maximum absolute atomic E-state index is 11.7. The summed E-state index contributed by atoms with van der Waals surface area (Å²) in [4.78, 5) is 13.7. The maximum atomic E-state index is 11.7. The van der Waals surface area contributed by atoms with Gasteiger partial charge in [-0.3, -0.25) is 4.79 Å². The van der Waals surface area contributed by atoms with Crippen LogP contribution < -0.4 is 0 Å². The van der Waals surface area contributed by atoms with Crippen molar-refractivity contribution >= 4 is 5.91 Å². The fourth-order valence-electron chi connectivity index (χ4n) is 2.55. The lowest BCUT2D eigenvalue weighted by Gasteiger charge is -2.31. The van der Waals surface area contributed by atoms with Crippen LogP contribution in [-0.2, 0) is 11.2 Å². The average molecular weight is 243 g/mol. The molecule has 0 atom stereocenters. The number of hydrogen-bond donors (Lipinski definition) is 0. The third kappa shape index (κ3) is 3.46. The van der Waals surface area contributed by atoms with Crippen LogP contribution in [0.1, 0.15) is 25.3 Å². The average Bonchev–Trinajstić information content (AvgIpc) is 2.41. The Hall–Kier alpha value is -1.57. The number of amides is 1. The van der Waals surface area contributed by atoms with Crippen LogP contribution >= 0.6 is 0 Å². The third-order valence-corrected chi connectivity index (χ3v) is 3.60. The van der Waals surface area contributed by atoms with E-state index in [0.29, 0.717) is 0 Å². The molecule has 0 radical (unpaired) electrons. The fourth-order valence-corrected chi connectivity index (χ4v) is 2.55. The Morgan fingerprint density at radius 1 is 1.28 bits per heavy atom. The molecule has 96 valence electrons. The second-order valence-corrected chi connectivity index (χ2v) is 4.96. The summed E-state index contributed by atoms with van der Waals surface area (Å²) >= 11 is 0. The number of hydrogen-bond acceptors (Lipinski definition) is 1. The van der Waals surface area contributed by atoms with Gasteiger partial charge in [0.1, 0.15) is 0 Å². The van der Waals surface area contributed by atoms with E-state index in [1.54, 1.807) is 6.08 Å². The van der Waals surface area contributed by atoms with E-state index in [2.05, 4.69) is 30.3 Å². The van der Waals surface area contributed by atoms with Gasteiger partial charge >= 0.3 is 0 Å². The largest absolute Gasteiger partial charge is 0.339 e. The molecular weight excluding hydrogens is 222 g/mol. The van der Waals surface area contributed by atoms with Crippen LogP contribution in [0.3, 0.4) is 0 Å². The minimum Gasteiger partial charge on any atom is -0.339 e. The lowest BCUT2D eigenvalue weighted by atomic mass is 9.90. The van der Waals surface area contributed by atoms with Crippen molar-refractivity contribution in [2.24, 2.45) is 5.92 Å². The molecule has 1 aliphatic rings. The molecule has 0 unspecified atom stereocenters. The van der Waals surface area contributed by atoms with Crippen molar-refractivity contribution in [3.63, 3.8) is 0 Å². The first-order chi connectivity index (χ1) is 8.79. The number of carbonyl (C=O) groups is 1. The molecule has 2 nitrogen and oxygen atoms in total. The summed E-state index contributed by atoms with van der Waals surface area (Å²) in [6, 6.07) is 10.6. The van der Waals surface area contributed by atoms with Gasteiger partial charge in [0.15, 0.2) is 0 Å². The van der Waals surface area contributed by atoms with E-state index in [4.69, 9.17) is 0 Å². The number of piperidine rings is 1. The Kier molecular flexibility index (Phi) is 4.57. The van der Waals surface area contributed by atoms with Gasteiger partial charge in [-0.15, -0.1) is 0 Å². The molecule has 0 saturated carbocycles. The van der Waals surface area contributed by atoms with E-state index in [9.17, 15) is 4.79 Å². The molecule has 0 bridgehead atoms. The summed E-state index contributed by atoms with van der Waals surface area (Å²) in [6.07, 6.45) is 6.87. The predicted molar refractivity (Wildman–Crippen MR) is 74.3 cm³/mol. The Labute approximate surface area is 109 Å². The maximum Gasteiger partial charge on any atom is 0.246 e. The van der Waals surface area contributed by atoms with Crippen molar-refractivity contribution in [3.8, 4) is 0 Å². The van der Waals surface area contributed by atoms with Gasteiger partial charge in [-0.2, -0.15) is 0 Å². The fraction of sp³-hybridized carbons (Fsp3) is 0.438. The second-order valence-electron chi connectivity index (χ2n) is 4.96. The lowest BCUT2D eigenvalue weighted by molar-refractivity contribution is -0.127. The van der Waals surface area contributed by atoms with Crippen molar-refractivity contribution in [3.05, 3.63) is 48.0 Å². The van der Waals surface area contributed by atoms with Gasteiger partial charge < -0.3 is 4.90 Å². The van der Waals surface area contributed by atoms with Crippen molar-refractivity contribution < 1.29 is 4.79 Å². The van der Waals surface area contributed by atoms with Gasteiger partial charge in [-0.25, -0.2) is 0 Å². The SMILES string of the molecule is C/C=C/C(=O)N1CCC(Cc2ccccc2)CC1. The standard InChI is InChI=1S/C16H21NO/c1-2-6-16(18)17-11-9-15(10-12-17)13-14-7-4-3-5-8-14/h2-8,15H,9-13H2,1H3/b6-2+. The first-order valence-electron chi connectivity index (χ1n) is 6.75. The van der Waals surface area contributed by atoms with Gasteiger partial charge in [0, 0.05) is 13.1 Å². The molecule has 1 aromatic rings. The quantitative estimate of drug-likeness (QED) is 0.747. The number of carbonyl (C=O) groups excluding carboxylic acids is 1. The van der Waals surface area contributed by atoms with Gasteiger partial charge in [-0.05, 0) is 43.7 Å². The highest BCUT2D eigenvalue weighted by Gasteiger charge is 2.21. The van der Waals surface area contributed by atoms with E-state index in [1.807, 2.05) is 17.9 Å². The molecule has 1 fully saturated rings. The third-order valence-electron chi connectivity index (χ3n) is 3.60. The van der Waals surface area contributed by atoms with E-state index in [0.717, 1.165) is 38.3 Å². The summed E-state index contributed by atoms with van der Waals surface area (Å²) in [5.41, 5.74) is 1.41. The highest BCUT2D eigenvalue weighted by Crippen LogP contribution is 2.21. The zero-order chi connectivity index (χ0) is 12.8. The minimum atomic E-state index is 0.163. The Bertz CT molecular complexity index is 402. The number of rotatable bonds is 3. The molecule has 2 heteroatoms. The van der Waals surface area contributed by atoms with Crippen molar-refractivity contribution in [1.29, 1.82) is 0 Å². The Balaban J connectivity index is 1.82. The van der Waals surface area contributed by atoms with Crippen LogP contribution in [0.25, 0.3) is 0 Å². The van der Waals surface area contributed by atoms with Gasteiger partial charge in [-0.1, -0.05) is 36.4 Å². The van der Waals surface area contributed by atoms with Crippen LogP contribution in [0.15, 0.2) is 42.5 Å². The molecule has 0 N–H and O–H groups in total. The van der Waals surface area contributed by atoms with Crippen molar-refractivity contribution in [2.45, 2.75) is 26.2 Å². The minimum absolute atomic E-state index is 0.163. The van der Waals surface area contributed by atoms with Crippen molar-refractivity contribution in [2.75, 3.05) is 13.1 Å². The molecule has 1 heterocycles. The van der Waals surface area contributed by atoms with Crippen LogP contribution in [-0.4, -0.2) is 23.9 Å². The normalized spacial score (nSPS) is 17.3. The molecule has 1 saturated heterocycles. The second kappa shape index (κ2) is 6.39. The summed E-state index contributed by atoms with van der Waals surface area (Å²) in [7, 11) is 0. The van der Waals surface area contributed by atoms with E-state index < -0.39 is 0 Å². The van der Waals surface area contributed by atoms with E-state index in [-0.39, 0.29) is 5.91 Å². The molecule has 1 aromatic carbocycles. The molecule has 2 rings (SSSR count). The topological polar surface area (TPSA) is 20.3 Å². The predicted octanol–water partition coefficient (Wildman–Crippen LogP) is 3.04. The molecule has 1 amide bonds. The van der Waals surface area contributed by atoms with Gasteiger partial charge in [0.25, 0.3) is 0 Å². The van der Waals surface area contributed by atoms with E-state index >= 15 is 0 Å². The first-order valence-corrected chi connectivity index (χ1v) is 6.75. The highest BCUT2D eigenvalue weighted by atomic mass is 16.2. The summed E-state index contributed by atoms with van der Waals surface area (Å²) in [5.74, 6) is 0.887. The molecule has 1 aliphatic heterocycles.